The lowest BCUT2D eigenvalue weighted by Crippen LogP contribution is -2.33. The summed E-state index contributed by atoms with van der Waals surface area (Å²) < 4.78 is 7.88. The van der Waals surface area contributed by atoms with Gasteiger partial charge >= 0.3 is 5.97 Å². The Balaban J connectivity index is 1.37. The van der Waals surface area contributed by atoms with E-state index < -0.39 is 16.8 Å². The Morgan fingerprint density at radius 2 is 2.08 bits per heavy atom. The monoisotopic (exact) mass is 561 g/mol. The molecule has 3 aromatic heterocycles. The Hall–Kier alpha value is -3.90. The van der Waals surface area contributed by atoms with E-state index in [4.69, 9.17) is 20.6 Å². The Morgan fingerprint density at radius 1 is 1.27 bits per heavy atom. The fraction of sp³-hybridized carbons (Fsp3) is 0.429. The van der Waals surface area contributed by atoms with Gasteiger partial charge in [0.05, 0.1) is 34.8 Å². The minimum absolute atomic E-state index is 0.0974. The van der Waals surface area contributed by atoms with Crippen molar-refractivity contribution < 1.29 is 19.4 Å². The fourth-order valence-electron chi connectivity index (χ4n) is 5.44. The van der Waals surface area contributed by atoms with Gasteiger partial charge in [0.15, 0.2) is 5.82 Å². The SMILES string of the molecule is CC(C)(Cc1csc([C@]2(C)C(=O)Nc3nc(-c4nn(C[C@@H]5CCCCO5)c5ccccc45)nc(N)c32)n1)C(=O)O. The second kappa shape index (κ2) is 9.63. The van der Waals surface area contributed by atoms with E-state index in [1.165, 1.54) is 11.3 Å². The van der Waals surface area contributed by atoms with Gasteiger partial charge in [0.1, 0.15) is 27.8 Å². The number of para-hydroxylation sites is 1. The summed E-state index contributed by atoms with van der Waals surface area (Å²) in [7, 11) is 0. The molecule has 208 valence electrons. The predicted molar refractivity (Wildman–Crippen MR) is 151 cm³/mol. The van der Waals surface area contributed by atoms with Crippen molar-refractivity contribution in [3.63, 3.8) is 0 Å². The number of carboxylic acids is 1. The molecule has 1 aromatic carbocycles. The molecule has 1 amide bonds. The van der Waals surface area contributed by atoms with Gasteiger partial charge in [-0.2, -0.15) is 5.10 Å². The molecule has 2 aliphatic rings. The summed E-state index contributed by atoms with van der Waals surface area (Å²) in [6, 6.07) is 7.89. The standard InChI is InChI=1S/C28H31N7O4S/c1-27(2,26(37)38)12-15-14-40-25(30-15)28(3)19-21(29)31-23(32-22(19)33-24(28)36)20-17-9-4-5-10-18(17)35(34-20)13-16-8-6-7-11-39-16/h4-5,9-10,14,16H,6-8,11-13H2,1-3H3,(H,37,38)(H3,29,31,32,33,36)/t16-,28-/m0/s1. The molecule has 1 saturated heterocycles. The molecule has 0 unspecified atom stereocenters. The number of nitrogens with two attached hydrogens (primary N) is 1. The molecule has 0 aliphatic carbocycles. The molecule has 0 radical (unpaired) electrons. The first-order valence-corrected chi connectivity index (χ1v) is 14.2. The second-order valence-corrected chi connectivity index (χ2v) is 12.1. The Morgan fingerprint density at radius 3 is 2.83 bits per heavy atom. The molecule has 2 aliphatic heterocycles. The summed E-state index contributed by atoms with van der Waals surface area (Å²) in [6.07, 6.45) is 3.54. The molecule has 0 saturated carbocycles. The number of anilines is 2. The highest BCUT2D eigenvalue weighted by molar-refractivity contribution is 7.10. The number of nitrogen functional groups attached to an aromatic ring is 1. The van der Waals surface area contributed by atoms with Gasteiger partial charge in [0.25, 0.3) is 0 Å². The third-order valence-electron chi connectivity index (χ3n) is 7.82. The second-order valence-electron chi connectivity index (χ2n) is 11.3. The molecule has 4 N–H and O–H groups in total. The fourth-order valence-corrected chi connectivity index (χ4v) is 6.42. The normalized spacial score (nSPS) is 21.0. The average molecular weight is 562 g/mol. The Bertz CT molecular complexity index is 1640. The van der Waals surface area contributed by atoms with E-state index in [2.05, 4.69) is 15.3 Å². The number of carbonyl (C=O) groups is 2. The minimum atomic E-state index is -1.21. The van der Waals surface area contributed by atoms with Gasteiger partial charge in [-0.25, -0.2) is 15.0 Å². The first-order chi connectivity index (χ1) is 19.1. The van der Waals surface area contributed by atoms with Crippen LogP contribution in [0, 0.1) is 5.41 Å². The van der Waals surface area contributed by atoms with E-state index in [-0.39, 0.29) is 24.2 Å². The zero-order chi connectivity index (χ0) is 28.2. The number of hydrogen-bond acceptors (Lipinski definition) is 9. The molecular formula is C28H31N7O4S. The number of hydrogen-bond donors (Lipinski definition) is 3. The van der Waals surface area contributed by atoms with Gasteiger partial charge in [0, 0.05) is 23.8 Å². The average Bonchev–Trinajstić information content (AvgIpc) is 3.60. The quantitative estimate of drug-likeness (QED) is 0.303. The van der Waals surface area contributed by atoms with E-state index in [1.54, 1.807) is 26.2 Å². The molecule has 0 spiro atoms. The smallest absolute Gasteiger partial charge is 0.309 e. The number of amides is 1. The number of carboxylic acid groups (broad SMARTS) is 1. The zero-order valence-corrected chi connectivity index (χ0v) is 23.4. The highest BCUT2D eigenvalue weighted by Crippen LogP contribution is 2.46. The summed E-state index contributed by atoms with van der Waals surface area (Å²) >= 11 is 1.29. The summed E-state index contributed by atoms with van der Waals surface area (Å²) in [4.78, 5) is 39.0. The number of aliphatic carboxylic acids is 1. The maximum absolute atomic E-state index is 13.4. The number of benzene rings is 1. The number of ether oxygens (including phenoxy) is 1. The molecule has 4 aromatic rings. The van der Waals surface area contributed by atoms with Crippen LogP contribution in [0.4, 0.5) is 11.6 Å². The topological polar surface area (TPSA) is 158 Å². The van der Waals surface area contributed by atoms with Crippen LogP contribution < -0.4 is 11.1 Å². The van der Waals surface area contributed by atoms with E-state index in [0.29, 0.717) is 40.1 Å². The number of rotatable bonds is 7. The highest BCUT2D eigenvalue weighted by atomic mass is 32.1. The molecule has 1 fully saturated rings. The van der Waals surface area contributed by atoms with Crippen molar-refractivity contribution in [2.75, 3.05) is 17.7 Å². The molecule has 0 bridgehead atoms. The highest BCUT2D eigenvalue weighted by Gasteiger charge is 2.50. The summed E-state index contributed by atoms with van der Waals surface area (Å²) in [5.41, 5.74) is 6.92. The summed E-state index contributed by atoms with van der Waals surface area (Å²) in [6.45, 7) is 6.42. The van der Waals surface area contributed by atoms with Crippen LogP contribution >= 0.6 is 11.3 Å². The van der Waals surface area contributed by atoms with Crippen molar-refractivity contribution in [1.29, 1.82) is 0 Å². The molecule has 2 atom stereocenters. The molecule has 40 heavy (non-hydrogen) atoms. The number of aromatic nitrogens is 5. The van der Waals surface area contributed by atoms with Crippen molar-refractivity contribution in [3.8, 4) is 11.5 Å². The van der Waals surface area contributed by atoms with Crippen LogP contribution in [0.5, 0.6) is 0 Å². The van der Waals surface area contributed by atoms with E-state index >= 15 is 0 Å². The molecule has 11 nitrogen and oxygen atoms in total. The number of carbonyl (C=O) groups excluding carboxylic acids is 1. The van der Waals surface area contributed by atoms with Crippen molar-refractivity contribution in [1.82, 2.24) is 24.7 Å². The van der Waals surface area contributed by atoms with Crippen molar-refractivity contribution in [2.45, 2.75) is 64.5 Å². The van der Waals surface area contributed by atoms with E-state index in [9.17, 15) is 14.7 Å². The zero-order valence-electron chi connectivity index (χ0n) is 22.6. The maximum atomic E-state index is 13.4. The third kappa shape index (κ3) is 4.31. The molecule has 5 heterocycles. The number of thiazole rings is 1. The van der Waals surface area contributed by atoms with Crippen molar-refractivity contribution in [2.24, 2.45) is 5.41 Å². The van der Waals surface area contributed by atoms with Crippen molar-refractivity contribution >= 4 is 45.8 Å². The first kappa shape index (κ1) is 26.3. The van der Waals surface area contributed by atoms with Crippen LogP contribution in [-0.4, -0.2) is 54.4 Å². The number of nitrogens with one attached hydrogen (secondary N) is 1. The molecular weight excluding hydrogens is 530 g/mol. The van der Waals surface area contributed by atoms with Crippen molar-refractivity contribution in [3.05, 3.63) is 45.9 Å². The van der Waals surface area contributed by atoms with Crippen LogP contribution in [0.3, 0.4) is 0 Å². The van der Waals surface area contributed by atoms with Crippen LogP contribution in [0.1, 0.15) is 56.3 Å². The lowest BCUT2D eigenvalue weighted by atomic mass is 9.85. The lowest BCUT2D eigenvalue weighted by Gasteiger charge is -2.22. The van der Waals surface area contributed by atoms with Gasteiger partial charge in [0.2, 0.25) is 5.91 Å². The van der Waals surface area contributed by atoms with Crippen LogP contribution in [-0.2, 0) is 32.7 Å². The first-order valence-electron chi connectivity index (χ1n) is 13.3. The Kier molecular flexibility index (Phi) is 6.34. The minimum Gasteiger partial charge on any atom is -0.481 e. The predicted octanol–water partition coefficient (Wildman–Crippen LogP) is 4.01. The molecule has 12 heteroatoms. The van der Waals surface area contributed by atoms with Gasteiger partial charge in [-0.1, -0.05) is 18.2 Å². The molecule has 6 rings (SSSR count). The van der Waals surface area contributed by atoms with E-state index in [0.717, 1.165) is 36.8 Å². The summed E-state index contributed by atoms with van der Waals surface area (Å²) in [5, 5.41) is 20.4. The lowest BCUT2D eigenvalue weighted by molar-refractivity contribution is -0.146. The van der Waals surface area contributed by atoms with Gasteiger partial charge in [-0.3, -0.25) is 14.3 Å². The third-order valence-corrected chi connectivity index (χ3v) is 8.94. The van der Waals surface area contributed by atoms with Crippen LogP contribution in [0.25, 0.3) is 22.4 Å². The van der Waals surface area contributed by atoms with Crippen LogP contribution in [0.2, 0.25) is 0 Å². The number of nitrogens with zero attached hydrogens (tertiary/aromatic N) is 5. The van der Waals surface area contributed by atoms with E-state index in [1.807, 2.05) is 28.9 Å². The van der Waals surface area contributed by atoms with Gasteiger partial charge < -0.3 is 20.9 Å². The van der Waals surface area contributed by atoms with Gasteiger partial charge in [-0.05, 0) is 46.1 Å². The maximum Gasteiger partial charge on any atom is 0.309 e. The number of fused-ring (bicyclic) bond motifs is 2. The Labute approximate surface area is 234 Å². The largest absolute Gasteiger partial charge is 0.481 e. The van der Waals surface area contributed by atoms with Gasteiger partial charge in [-0.15, -0.1) is 11.3 Å². The summed E-state index contributed by atoms with van der Waals surface area (Å²) in [5.74, 6) is -0.416. The van der Waals surface area contributed by atoms with Crippen LogP contribution in [0.15, 0.2) is 29.6 Å².